The van der Waals surface area contributed by atoms with Crippen molar-refractivity contribution in [3.63, 3.8) is 0 Å². The summed E-state index contributed by atoms with van der Waals surface area (Å²) in [4.78, 5) is 23.3. The fraction of sp³-hybridized carbons (Fsp3) is 0.467. The third-order valence-electron chi connectivity index (χ3n) is 2.32. The van der Waals surface area contributed by atoms with Crippen molar-refractivity contribution in [3.05, 3.63) is 28.7 Å². The van der Waals surface area contributed by atoms with Gasteiger partial charge in [-0.3, -0.25) is 4.79 Å². The largest absolute Gasteiger partial charge is 0.479 e. The van der Waals surface area contributed by atoms with Gasteiger partial charge in [0.15, 0.2) is 12.7 Å². The minimum atomic E-state index is -0.784. The Labute approximate surface area is 133 Å². The van der Waals surface area contributed by atoms with Gasteiger partial charge in [-0.1, -0.05) is 15.9 Å². The van der Waals surface area contributed by atoms with Crippen molar-refractivity contribution in [3.8, 4) is 5.75 Å². The molecule has 0 fully saturated rings. The molecule has 6 heteroatoms. The van der Waals surface area contributed by atoms with E-state index in [1.165, 1.54) is 0 Å². The van der Waals surface area contributed by atoms with Crippen molar-refractivity contribution in [1.29, 1.82) is 0 Å². The van der Waals surface area contributed by atoms with Crippen LogP contribution >= 0.6 is 15.9 Å². The molecule has 0 bridgehead atoms. The zero-order chi connectivity index (χ0) is 16.0. The lowest BCUT2D eigenvalue weighted by atomic mass is 10.1. The van der Waals surface area contributed by atoms with Crippen LogP contribution in [0.2, 0.25) is 0 Å². The summed E-state index contributed by atoms with van der Waals surface area (Å²) >= 11 is 3.31. The maximum absolute atomic E-state index is 11.7. The minimum absolute atomic E-state index is 0.315. The predicted molar refractivity (Wildman–Crippen MR) is 83.1 cm³/mol. The van der Waals surface area contributed by atoms with E-state index in [1.807, 2.05) is 32.9 Å². The Kier molecular flexibility index (Phi) is 6.20. The molecular weight excluding hydrogens is 338 g/mol. The molecule has 1 N–H and O–H groups in total. The summed E-state index contributed by atoms with van der Waals surface area (Å²) in [5.74, 6) is -0.365. The van der Waals surface area contributed by atoms with Gasteiger partial charge in [-0.25, -0.2) is 4.79 Å². The number of halogens is 1. The molecule has 0 unspecified atom stereocenters. The lowest BCUT2D eigenvalue weighted by Crippen LogP contribution is -2.43. The van der Waals surface area contributed by atoms with Crippen LogP contribution in [0.5, 0.6) is 5.75 Å². The summed E-state index contributed by atoms with van der Waals surface area (Å²) in [5.41, 5.74) is -0.358. The summed E-state index contributed by atoms with van der Waals surface area (Å²) in [6.07, 6.45) is -0.784. The lowest BCUT2D eigenvalue weighted by molar-refractivity contribution is -0.155. The topological polar surface area (TPSA) is 64.6 Å². The second kappa shape index (κ2) is 7.45. The molecule has 21 heavy (non-hydrogen) atoms. The molecule has 1 amide bonds. The number of ether oxygens (including phenoxy) is 2. The molecule has 0 heterocycles. The zero-order valence-electron chi connectivity index (χ0n) is 12.6. The number of esters is 1. The summed E-state index contributed by atoms with van der Waals surface area (Å²) in [6.45, 7) is 6.82. The van der Waals surface area contributed by atoms with Gasteiger partial charge < -0.3 is 14.8 Å². The van der Waals surface area contributed by atoms with E-state index < -0.39 is 12.1 Å². The van der Waals surface area contributed by atoms with E-state index in [0.29, 0.717) is 5.75 Å². The highest BCUT2D eigenvalue weighted by Crippen LogP contribution is 2.17. The Bertz CT molecular complexity index is 493. The fourth-order valence-electron chi connectivity index (χ4n) is 1.47. The second-order valence-electron chi connectivity index (χ2n) is 5.62. The van der Waals surface area contributed by atoms with Crippen LogP contribution in [0.15, 0.2) is 28.7 Å². The first-order chi connectivity index (χ1) is 9.67. The molecule has 0 aromatic heterocycles. The first-order valence-corrected chi connectivity index (χ1v) is 7.36. The van der Waals surface area contributed by atoms with E-state index in [1.54, 1.807) is 19.1 Å². The van der Waals surface area contributed by atoms with Crippen LogP contribution in [0.25, 0.3) is 0 Å². The standard InChI is InChI=1S/C15H20BrNO4/c1-10(21-12-7-5-11(16)6-8-12)14(19)20-9-13(18)17-15(2,3)4/h5-8,10H,9H2,1-4H3,(H,17,18)/t10-/m1/s1. The van der Waals surface area contributed by atoms with Crippen LogP contribution in [0.1, 0.15) is 27.7 Å². The molecule has 0 spiro atoms. The number of amides is 1. The lowest BCUT2D eigenvalue weighted by Gasteiger charge is -2.20. The Hall–Kier alpha value is -1.56. The van der Waals surface area contributed by atoms with Gasteiger partial charge >= 0.3 is 5.97 Å². The van der Waals surface area contributed by atoms with Crippen LogP contribution in [0.4, 0.5) is 0 Å². The average molecular weight is 358 g/mol. The van der Waals surface area contributed by atoms with E-state index in [-0.39, 0.29) is 18.1 Å². The Morgan fingerprint density at radius 3 is 2.33 bits per heavy atom. The van der Waals surface area contributed by atoms with Gasteiger partial charge in [0.25, 0.3) is 5.91 Å². The molecule has 1 atom stereocenters. The number of hydrogen-bond acceptors (Lipinski definition) is 4. The number of rotatable bonds is 5. The number of carbonyl (C=O) groups excluding carboxylic acids is 2. The first kappa shape index (κ1) is 17.5. The molecule has 0 aliphatic rings. The molecule has 5 nitrogen and oxygen atoms in total. The summed E-state index contributed by atoms with van der Waals surface area (Å²) in [5, 5.41) is 2.71. The highest BCUT2D eigenvalue weighted by atomic mass is 79.9. The molecule has 1 aromatic carbocycles. The van der Waals surface area contributed by atoms with Crippen molar-refractivity contribution >= 4 is 27.8 Å². The highest BCUT2D eigenvalue weighted by molar-refractivity contribution is 9.10. The van der Waals surface area contributed by atoms with Crippen molar-refractivity contribution in [2.45, 2.75) is 39.3 Å². The SMILES string of the molecule is C[C@@H](Oc1ccc(Br)cc1)C(=O)OCC(=O)NC(C)(C)C. The fourth-order valence-corrected chi connectivity index (χ4v) is 1.74. The van der Waals surface area contributed by atoms with Crippen molar-refractivity contribution in [2.24, 2.45) is 0 Å². The van der Waals surface area contributed by atoms with E-state index in [0.717, 1.165) is 4.47 Å². The molecule has 0 aliphatic heterocycles. The average Bonchev–Trinajstić information content (AvgIpc) is 2.36. The van der Waals surface area contributed by atoms with Crippen LogP contribution in [0, 0.1) is 0 Å². The number of nitrogens with one attached hydrogen (secondary N) is 1. The maximum atomic E-state index is 11.7. The van der Waals surface area contributed by atoms with Gasteiger partial charge in [0.2, 0.25) is 0 Å². The van der Waals surface area contributed by atoms with Gasteiger partial charge in [-0.2, -0.15) is 0 Å². The minimum Gasteiger partial charge on any atom is -0.479 e. The molecule has 116 valence electrons. The van der Waals surface area contributed by atoms with Gasteiger partial charge in [-0.15, -0.1) is 0 Å². The van der Waals surface area contributed by atoms with Crippen molar-refractivity contribution < 1.29 is 19.1 Å². The Morgan fingerprint density at radius 2 is 1.81 bits per heavy atom. The van der Waals surface area contributed by atoms with Crippen LogP contribution in [-0.2, 0) is 14.3 Å². The molecule has 0 saturated carbocycles. The molecule has 0 radical (unpaired) electrons. The second-order valence-corrected chi connectivity index (χ2v) is 6.54. The molecule has 1 aromatic rings. The van der Waals surface area contributed by atoms with E-state index in [9.17, 15) is 9.59 Å². The van der Waals surface area contributed by atoms with Crippen molar-refractivity contribution in [1.82, 2.24) is 5.32 Å². The van der Waals surface area contributed by atoms with E-state index >= 15 is 0 Å². The summed E-state index contributed by atoms with van der Waals surface area (Å²) < 4.78 is 11.3. The molecule has 0 saturated heterocycles. The molecule has 1 rings (SSSR count). The molecule has 0 aliphatic carbocycles. The van der Waals surface area contributed by atoms with Crippen LogP contribution < -0.4 is 10.1 Å². The summed E-state index contributed by atoms with van der Waals surface area (Å²) in [6, 6.07) is 7.09. The highest BCUT2D eigenvalue weighted by Gasteiger charge is 2.19. The van der Waals surface area contributed by atoms with E-state index in [2.05, 4.69) is 21.2 Å². The van der Waals surface area contributed by atoms with Crippen LogP contribution in [0.3, 0.4) is 0 Å². The quantitative estimate of drug-likeness (QED) is 0.822. The number of hydrogen-bond donors (Lipinski definition) is 1. The molecular formula is C15H20BrNO4. The van der Waals surface area contributed by atoms with Gasteiger partial charge in [0.05, 0.1) is 0 Å². The van der Waals surface area contributed by atoms with Crippen LogP contribution in [-0.4, -0.2) is 30.1 Å². The number of benzene rings is 1. The van der Waals surface area contributed by atoms with Gasteiger partial charge in [0, 0.05) is 10.0 Å². The summed E-state index contributed by atoms with van der Waals surface area (Å²) in [7, 11) is 0. The maximum Gasteiger partial charge on any atom is 0.347 e. The monoisotopic (exact) mass is 357 g/mol. The third-order valence-corrected chi connectivity index (χ3v) is 2.85. The van der Waals surface area contributed by atoms with E-state index in [4.69, 9.17) is 9.47 Å². The first-order valence-electron chi connectivity index (χ1n) is 6.57. The normalized spacial score (nSPS) is 12.4. The Morgan fingerprint density at radius 1 is 1.24 bits per heavy atom. The Balaban J connectivity index is 2.41. The van der Waals surface area contributed by atoms with Gasteiger partial charge in [-0.05, 0) is 52.0 Å². The third kappa shape index (κ3) is 7.13. The predicted octanol–water partition coefficient (Wildman–Crippen LogP) is 2.67. The number of carbonyl (C=O) groups is 2. The zero-order valence-corrected chi connectivity index (χ0v) is 14.2. The van der Waals surface area contributed by atoms with Crippen molar-refractivity contribution in [2.75, 3.05) is 6.61 Å². The smallest absolute Gasteiger partial charge is 0.347 e. The van der Waals surface area contributed by atoms with Gasteiger partial charge in [0.1, 0.15) is 5.75 Å².